The molecular formula is C29H40N2O5. The topological polar surface area (TPSA) is 77.1 Å². The molecule has 1 amide bonds. The molecule has 0 radical (unpaired) electrons. The Hall–Kier alpha value is -3.22. The van der Waals surface area contributed by atoms with Gasteiger partial charge in [0.05, 0.1) is 32.8 Å². The molecule has 0 aromatic heterocycles. The van der Waals surface area contributed by atoms with Gasteiger partial charge in [-0.3, -0.25) is 4.79 Å². The van der Waals surface area contributed by atoms with Crippen molar-refractivity contribution in [3.8, 4) is 11.5 Å². The lowest BCUT2D eigenvalue weighted by molar-refractivity contribution is -0.121. The van der Waals surface area contributed by atoms with E-state index >= 15 is 0 Å². The number of amides is 1. The third-order valence-corrected chi connectivity index (χ3v) is 6.43. The van der Waals surface area contributed by atoms with Crippen molar-refractivity contribution in [2.45, 2.75) is 65.3 Å². The molecule has 196 valence electrons. The molecule has 1 atom stereocenters. The van der Waals surface area contributed by atoms with E-state index in [0.717, 1.165) is 42.8 Å². The largest absolute Gasteiger partial charge is 0.497 e. The first-order valence-electron chi connectivity index (χ1n) is 13.2. The van der Waals surface area contributed by atoms with Crippen LogP contribution in [0.15, 0.2) is 36.4 Å². The first-order chi connectivity index (χ1) is 17.5. The van der Waals surface area contributed by atoms with Gasteiger partial charge in [-0.25, -0.2) is 4.79 Å². The maximum absolute atomic E-state index is 13.2. The molecule has 0 saturated carbocycles. The number of hydrogen-bond acceptors (Lipinski definition) is 6. The van der Waals surface area contributed by atoms with Crippen molar-refractivity contribution >= 4 is 17.6 Å². The lowest BCUT2D eigenvalue weighted by Gasteiger charge is -2.33. The molecule has 7 nitrogen and oxygen atoms in total. The van der Waals surface area contributed by atoms with Gasteiger partial charge in [-0.2, -0.15) is 0 Å². The fourth-order valence-electron chi connectivity index (χ4n) is 4.72. The van der Waals surface area contributed by atoms with Crippen molar-refractivity contribution in [3.05, 3.63) is 53.1 Å². The van der Waals surface area contributed by atoms with Gasteiger partial charge in [0.1, 0.15) is 17.1 Å². The van der Waals surface area contributed by atoms with E-state index in [4.69, 9.17) is 14.2 Å². The highest BCUT2D eigenvalue weighted by atomic mass is 16.5. The molecule has 1 aliphatic rings. The normalized spacial score (nSPS) is 14.2. The van der Waals surface area contributed by atoms with Crippen LogP contribution in [0.25, 0.3) is 0 Å². The summed E-state index contributed by atoms with van der Waals surface area (Å²) in [5.41, 5.74) is 3.42. The molecule has 1 aliphatic heterocycles. The second-order valence-electron chi connectivity index (χ2n) is 9.04. The SMILES string of the molecule is CCCC(NC(=O)Cc1ccc(C(=O)OCC)c(OCC)c1)c1cc(OC)ccc1N1CCCCC1. The van der Waals surface area contributed by atoms with E-state index in [1.807, 2.05) is 13.0 Å². The third-order valence-electron chi connectivity index (χ3n) is 6.43. The number of carbonyl (C=O) groups is 2. The molecule has 7 heteroatoms. The van der Waals surface area contributed by atoms with Gasteiger partial charge < -0.3 is 24.4 Å². The molecule has 2 aromatic carbocycles. The van der Waals surface area contributed by atoms with Crippen LogP contribution in [-0.2, 0) is 16.0 Å². The standard InChI is InChI=1S/C29H40N2O5/c1-5-11-25(24-20-22(34-4)13-15-26(24)31-16-9-8-10-17-31)30-28(32)19-21-12-14-23(29(33)36-7-3)27(18-21)35-6-2/h12-15,18,20,25H,5-11,16-17,19H2,1-4H3,(H,30,32). The molecule has 2 aromatic rings. The number of anilines is 1. The van der Waals surface area contributed by atoms with Crippen LogP contribution in [0.3, 0.4) is 0 Å². The zero-order valence-electron chi connectivity index (χ0n) is 22.1. The number of carbonyl (C=O) groups excluding carboxylic acids is 2. The molecule has 1 heterocycles. The number of esters is 1. The van der Waals surface area contributed by atoms with Crippen LogP contribution in [0.4, 0.5) is 5.69 Å². The smallest absolute Gasteiger partial charge is 0.341 e. The zero-order chi connectivity index (χ0) is 25.9. The minimum atomic E-state index is -0.428. The van der Waals surface area contributed by atoms with Gasteiger partial charge in [0.2, 0.25) is 5.91 Å². The highest BCUT2D eigenvalue weighted by Gasteiger charge is 2.23. The van der Waals surface area contributed by atoms with Gasteiger partial charge in [0, 0.05) is 24.3 Å². The van der Waals surface area contributed by atoms with Gasteiger partial charge >= 0.3 is 5.97 Å². The average molecular weight is 497 g/mol. The first-order valence-corrected chi connectivity index (χ1v) is 13.2. The summed E-state index contributed by atoms with van der Waals surface area (Å²) in [7, 11) is 1.67. The van der Waals surface area contributed by atoms with Crippen molar-refractivity contribution in [2.75, 3.05) is 38.3 Å². The van der Waals surface area contributed by atoms with Crippen LogP contribution in [0.2, 0.25) is 0 Å². The van der Waals surface area contributed by atoms with Gasteiger partial charge in [-0.15, -0.1) is 0 Å². The number of nitrogens with zero attached hydrogens (tertiary/aromatic N) is 1. The predicted molar refractivity (Wildman–Crippen MR) is 142 cm³/mol. The predicted octanol–water partition coefficient (Wildman–Crippen LogP) is 5.46. The second kappa shape index (κ2) is 13.8. The lowest BCUT2D eigenvalue weighted by atomic mass is 9.97. The lowest BCUT2D eigenvalue weighted by Crippen LogP contribution is -2.34. The van der Waals surface area contributed by atoms with Crippen molar-refractivity contribution in [1.29, 1.82) is 0 Å². The van der Waals surface area contributed by atoms with E-state index in [1.54, 1.807) is 32.2 Å². The highest BCUT2D eigenvalue weighted by molar-refractivity contribution is 5.93. The van der Waals surface area contributed by atoms with E-state index in [1.165, 1.54) is 24.9 Å². The molecule has 1 saturated heterocycles. The number of nitrogens with one attached hydrogen (secondary N) is 1. The summed E-state index contributed by atoms with van der Waals surface area (Å²) in [6.07, 6.45) is 5.57. The Kier molecular flexibility index (Phi) is 10.5. The number of rotatable bonds is 12. The molecule has 1 N–H and O–H groups in total. The fraction of sp³-hybridized carbons (Fsp3) is 0.517. The summed E-state index contributed by atoms with van der Waals surface area (Å²) in [6.45, 7) is 8.51. The molecule has 36 heavy (non-hydrogen) atoms. The number of ether oxygens (including phenoxy) is 3. The number of hydrogen-bond donors (Lipinski definition) is 1. The van der Waals surface area contributed by atoms with Gasteiger partial charge in [-0.1, -0.05) is 19.4 Å². The monoisotopic (exact) mass is 496 g/mol. The molecule has 3 rings (SSSR count). The summed E-state index contributed by atoms with van der Waals surface area (Å²) < 4.78 is 16.3. The highest BCUT2D eigenvalue weighted by Crippen LogP contribution is 2.34. The van der Waals surface area contributed by atoms with Gasteiger partial charge in [0.25, 0.3) is 0 Å². The van der Waals surface area contributed by atoms with Gasteiger partial charge in [0.15, 0.2) is 0 Å². The van der Waals surface area contributed by atoms with Gasteiger partial charge in [-0.05, 0) is 75.4 Å². The Bertz CT molecular complexity index is 1020. The quantitative estimate of drug-likeness (QED) is 0.393. The summed E-state index contributed by atoms with van der Waals surface area (Å²) in [4.78, 5) is 27.9. The Balaban J connectivity index is 1.82. The molecule has 0 spiro atoms. The van der Waals surface area contributed by atoms with Crippen molar-refractivity contribution in [1.82, 2.24) is 5.32 Å². The van der Waals surface area contributed by atoms with E-state index < -0.39 is 5.97 Å². The Labute approximate surface area is 215 Å². The Morgan fingerprint density at radius 3 is 2.44 bits per heavy atom. The van der Waals surface area contributed by atoms with Crippen LogP contribution in [0, 0.1) is 0 Å². The molecule has 0 bridgehead atoms. The molecule has 1 unspecified atom stereocenters. The maximum atomic E-state index is 13.2. The van der Waals surface area contributed by atoms with Crippen LogP contribution in [0.5, 0.6) is 11.5 Å². The average Bonchev–Trinajstić information content (AvgIpc) is 2.89. The molecular weight excluding hydrogens is 456 g/mol. The molecule has 0 aliphatic carbocycles. The minimum absolute atomic E-state index is 0.0767. The zero-order valence-corrected chi connectivity index (χ0v) is 22.1. The van der Waals surface area contributed by atoms with E-state index in [-0.39, 0.29) is 25.0 Å². The van der Waals surface area contributed by atoms with Crippen molar-refractivity contribution in [2.24, 2.45) is 0 Å². The fourth-order valence-corrected chi connectivity index (χ4v) is 4.72. The first kappa shape index (κ1) is 27.4. The van der Waals surface area contributed by atoms with Crippen molar-refractivity contribution < 1.29 is 23.8 Å². The number of benzene rings is 2. The van der Waals surface area contributed by atoms with E-state index in [0.29, 0.717) is 17.9 Å². The van der Waals surface area contributed by atoms with E-state index in [2.05, 4.69) is 29.3 Å². The third kappa shape index (κ3) is 7.15. The maximum Gasteiger partial charge on any atom is 0.341 e. The summed E-state index contributed by atoms with van der Waals surface area (Å²) in [5.74, 6) is 0.721. The summed E-state index contributed by atoms with van der Waals surface area (Å²) >= 11 is 0. The number of piperidine rings is 1. The summed E-state index contributed by atoms with van der Waals surface area (Å²) in [5, 5.41) is 3.27. The summed E-state index contributed by atoms with van der Waals surface area (Å²) in [6, 6.07) is 11.3. The molecule has 1 fully saturated rings. The van der Waals surface area contributed by atoms with E-state index in [9.17, 15) is 9.59 Å². The Morgan fingerprint density at radius 1 is 1.00 bits per heavy atom. The number of methoxy groups -OCH3 is 1. The Morgan fingerprint density at radius 2 is 1.78 bits per heavy atom. The minimum Gasteiger partial charge on any atom is -0.497 e. The van der Waals surface area contributed by atoms with Crippen molar-refractivity contribution in [3.63, 3.8) is 0 Å². The van der Waals surface area contributed by atoms with Crippen LogP contribution >= 0.6 is 0 Å². The van der Waals surface area contributed by atoms with Crippen LogP contribution in [-0.4, -0.2) is 45.3 Å². The second-order valence-corrected chi connectivity index (χ2v) is 9.04. The van der Waals surface area contributed by atoms with Crippen LogP contribution < -0.4 is 19.7 Å². The van der Waals surface area contributed by atoms with Crippen LogP contribution in [0.1, 0.15) is 80.4 Å².